The van der Waals surface area contributed by atoms with Crippen molar-refractivity contribution >= 4 is 33.2 Å². The predicted octanol–water partition coefficient (Wildman–Crippen LogP) is 4.67. The second kappa shape index (κ2) is 5.52. The van der Waals surface area contributed by atoms with Crippen LogP contribution in [0, 0.1) is 0 Å². The lowest BCUT2D eigenvalue weighted by atomic mass is 10.1. The second-order valence-electron chi connectivity index (χ2n) is 3.73. The van der Waals surface area contributed by atoms with Crippen LogP contribution in [0.4, 0.5) is 5.69 Å². The summed E-state index contributed by atoms with van der Waals surface area (Å²) in [5, 5.41) is 3.83. The third kappa shape index (κ3) is 2.99. The van der Waals surface area contributed by atoms with Gasteiger partial charge in [0.25, 0.3) is 0 Å². The molecule has 0 aliphatic carbocycles. The molecule has 0 amide bonds. The Bertz CT molecular complexity index is 516. The van der Waals surface area contributed by atoms with E-state index in [0.717, 1.165) is 10.2 Å². The van der Waals surface area contributed by atoms with Crippen molar-refractivity contribution in [3.8, 4) is 0 Å². The van der Waals surface area contributed by atoms with Crippen LogP contribution in [0.3, 0.4) is 0 Å². The molecule has 0 aliphatic rings. The van der Waals surface area contributed by atoms with Crippen molar-refractivity contribution in [2.24, 2.45) is 0 Å². The summed E-state index contributed by atoms with van der Waals surface area (Å²) in [4.78, 5) is 4.04. The average molecular weight is 312 g/mol. The van der Waals surface area contributed by atoms with E-state index in [2.05, 4.69) is 39.2 Å². The summed E-state index contributed by atoms with van der Waals surface area (Å²) in [6, 6.07) is 12.1. The van der Waals surface area contributed by atoms with Crippen molar-refractivity contribution in [3.05, 3.63) is 57.8 Å². The van der Waals surface area contributed by atoms with Crippen LogP contribution < -0.4 is 5.32 Å². The number of rotatable bonds is 3. The average Bonchev–Trinajstić information content (AvgIpc) is 2.32. The Balaban J connectivity index is 2.20. The molecule has 2 nitrogen and oxygen atoms in total. The minimum atomic E-state index is 0.160. The number of hydrogen-bond donors (Lipinski definition) is 1. The molecule has 4 heteroatoms. The van der Waals surface area contributed by atoms with Gasteiger partial charge in [-0.05, 0) is 30.7 Å². The minimum Gasteiger partial charge on any atom is -0.376 e. The van der Waals surface area contributed by atoms with Crippen molar-refractivity contribution in [2.45, 2.75) is 13.0 Å². The van der Waals surface area contributed by atoms with Crippen LogP contribution in [0.5, 0.6) is 0 Å². The van der Waals surface area contributed by atoms with Gasteiger partial charge in [0.15, 0.2) is 5.15 Å². The van der Waals surface area contributed by atoms with Gasteiger partial charge in [-0.15, -0.1) is 0 Å². The molecule has 0 fully saturated rings. The monoisotopic (exact) mass is 310 g/mol. The van der Waals surface area contributed by atoms with Gasteiger partial charge in [0.2, 0.25) is 0 Å². The maximum Gasteiger partial charge on any atom is 0.152 e. The summed E-state index contributed by atoms with van der Waals surface area (Å²) >= 11 is 9.55. The van der Waals surface area contributed by atoms with Crippen LogP contribution in [0.1, 0.15) is 18.5 Å². The fourth-order valence-corrected chi connectivity index (χ4v) is 2.43. The third-order valence-electron chi connectivity index (χ3n) is 2.50. The molecule has 0 aliphatic heterocycles. The topological polar surface area (TPSA) is 24.9 Å². The molecule has 0 saturated heterocycles. The molecule has 2 rings (SSSR count). The molecule has 1 aromatic carbocycles. The molecular weight excluding hydrogens is 300 g/mol. The van der Waals surface area contributed by atoms with Crippen LogP contribution in [-0.4, -0.2) is 4.98 Å². The maximum atomic E-state index is 6.01. The Labute approximate surface area is 114 Å². The summed E-state index contributed by atoms with van der Waals surface area (Å²) in [6.45, 7) is 2.09. The second-order valence-corrected chi connectivity index (χ2v) is 4.94. The van der Waals surface area contributed by atoms with E-state index in [-0.39, 0.29) is 6.04 Å². The first-order valence-electron chi connectivity index (χ1n) is 5.30. The van der Waals surface area contributed by atoms with Gasteiger partial charge in [-0.2, -0.15) is 0 Å². The van der Waals surface area contributed by atoms with E-state index in [9.17, 15) is 0 Å². The molecule has 17 heavy (non-hydrogen) atoms. The summed E-state index contributed by atoms with van der Waals surface area (Å²) in [6.07, 6.45) is 1.68. The molecular formula is C13H12BrClN2. The minimum absolute atomic E-state index is 0.160. The zero-order valence-electron chi connectivity index (χ0n) is 9.32. The van der Waals surface area contributed by atoms with Crippen molar-refractivity contribution in [1.82, 2.24) is 4.98 Å². The Kier molecular flexibility index (Phi) is 4.02. The fourth-order valence-electron chi connectivity index (χ4n) is 1.63. The molecule has 0 spiro atoms. The van der Waals surface area contributed by atoms with Gasteiger partial charge in [0.05, 0.1) is 5.69 Å². The number of nitrogens with one attached hydrogen (secondary N) is 1. The van der Waals surface area contributed by atoms with Crippen LogP contribution in [0.25, 0.3) is 0 Å². The molecule has 0 radical (unpaired) electrons. The first-order chi connectivity index (χ1) is 8.18. The summed E-state index contributed by atoms with van der Waals surface area (Å²) in [5.41, 5.74) is 2.03. The highest BCUT2D eigenvalue weighted by atomic mass is 79.9. The quantitative estimate of drug-likeness (QED) is 0.833. The van der Waals surface area contributed by atoms with E-state index in [0.29, 0.717) is 5.15 Å². The van der Waals surface area contributed by atoms with Crippen LogP contribution >= 0.6 is 27.5 Å². The van der Waals surface area contributed by atoms with Gasteiger partial charge in [-0.1, -0.05) is 45.7 Å². The van der Waals surface area contributed by atoms with E-state index in [1.54, 1.807) is 6.20 Å². The van der Waals surface area contributed by atoms with E-state index < -0.39 is 0 Å². The Hall–Kier alpha value is -1.06. The van der Waals surface area contributed by atoms with Gasteiger partial charge in [-0.25, -0.2) is 4.98 Å². The highest BCUT2D eigenvalue weighted by Crippen LogP contribution is 2.28. The molecule has 1 heterocycles. The predicted molar refractivity (Wildman–Crippen MR) is 75.4 cm³/mol. The standard InChI is InChI=1S/C13H12BrClN2/c1-9(10-5-2-3-6-11(10)14)17-12-7-4-8-16-13(12)15/h2-9,17H,1H3. The number of pyridine rings is 1. The van der Waals surface area contributed by atoms with Gasteiger partial charge < -0.3 is 5.32 Å². The summed E-state index contributed by atoms with van der Waals surface area (Å²) < 4.78 is 1.08. The molecule has 1 aromatic heterocycles. The number of benzene rings is 1. The normalized spacial score (nSPS) is 12.2. The van der Waals surface area contributed by atoms with Crippen LogP contribution in [0.2, 0.25) is 5.15 Å². The zero-order valence-corrected chi connectivity index (χ0v) is 11.7. The highest BCUT2D eigenvalue weighted by molar-refractivity contribution is 9.10. The fraction of sp³-hybridized carbons (Fsp3) is 0.154. The Morgan fingerprint density at radius 1 is 1.24 bits per heavy atom. The first kappa shape index (κ1) is 12.4. The first-order valence-corrected chi connectivity index (χ1v) is 6.47. The smallest absolute Gasteiger partial charge is 0.152 e. The number of anilines is 1. The lowest BCUT2D eigenvalue weighted by Crippen LogP contribution is -2.07. The van der Waals surface area contributed by atoms with Crippen LogP contribution in [-0.2, 0) is 0 Å². The largest absolute Gasteiger partial charge is 0.376 e. The van der Waals surface area contributed by atoms with Gasteiger partial charge >= 0.3 is 0 Å². The van der Waals surface area contributed by atoms with Gasteiger partial charge in [0.1, 0.15) is 0 Å². The molecule has 0 saturated carbocycles. The molecule has 1 N–H and O–H groups in total. The molecule has 0 bridgehead atoms. The molecule has 2 aromatic rings. The molecule has 88 valence electrons. The zero-order chi connectivity index (χ0) is 12.3. The summed E-state index contributed by atoms with van der Waals surface area (Å²) in [5.74, 6) is 0. The number of nitrogens with zero attached hydrogens (tertiary/aromatic N) is 1. The lowest BCUT2D eigenvalue weighted by molar-refractivity contribution is 0.877. The van der Waals surface area contributed by atoms with Crippen molar-refractivity contribution in [3.63, 3.8) is 0 Å². The van der Waals surface area contributed by atoms with Crippen molar-refractivity contribution in [2.75, 3.05) is 5.32 Å². The van der Waals surface area contributed by atoms with E-state index in [1.165, 1.54) is 5.56 Å². The van der Waals surface area contributed by atoms with Crippen molar-refractivity contribution in [1.29, 1.82) is 0 Å². The Morgan fingerprint density at radius 3 is 2.71 bits per heavy atom. The SMILES string of the molecule is CC(Nc1cccnc1Cl)c1ccccc1Br. The summed E-state index contributed by atoms with van der Waals surface area (Å²) in [7, 11) is 0. The number of aromatic nitrogens is 1. The highest BCUT2D eigenvalue weighted by Gasteiger charge is 2.10. The number of hydrogen-bond acceptors (Lipinski definition) is 2. The molecule has 1 unspecified atom stereocenters. The molecule has 1 atom stereocenters. The van der Waals surface area contributed by atoms with E-state index in [4.69, 9.17) is 11.6 Å². The van der Waals surface area contributed by atoms with Gasteiger partial charge in [-0.3, -0.25) is 0 Å². The van der Waals surface area contributed by atoms with Crippen molar-refractivity contribution < 1.29 is 0 Å². The third-order valence-corrected chi connectivity index (χ3v) is 3.53. The van der Waals surface area contributed by atoms with E-state index >= 15 is 0 Å². The van der Waals surface area contributed by atoms with Crippen LogP contribution in [0.15, 0.2) is 47.1 Å². The number of halogens is 2. The Morgan fingerprint density at radius 2 is 2.00 bits per heavy atom. The maximum absolute atomic E-state index is 6.01. The van der Waals surface area contributed by atoms with E-state index in [1.807, 2.05) is 30.3 Å². The lowest BCUT2D eigenvalue weighted by Gasteiger charge is -2.17. The van der Waals surface area contributed by atoms with Gasteiger partial charge in [0, 0.05) is 16.7 Å².